The molecule has 0 radical (unpaired) electrons. The van der Waals surface area contributed by atoms with Crippen molar-refractivity contribution in [3.05, 3.63) is 0 Å². The lowest BCUT2D eigenvalue weighted by molar-refractivity contribution is 0.0230. The summed E-state index contributed by atoms with van der Waals surface area (Å²) in [4.78, 5) is 4.55. The molecule has 0 atom stereocenters. The van der Waals surface area contributed by atoms with Gasteiger partial charge in [0.2, 0.25) is 5.90 Å². The zero-order valence-electron chi connectivity index (χ0n) is 4.56. The molecule has 1 saturated heterocycles. The molecule has 0 aliphatic carbocycles. The highest BCUT2D eigenvalue weighted by atomic mass is 16.7. The van der Waals surface area contributed by atoms with Crippen LogP contribution in [0.1, 0.15) is 0 Å². The molecule has 1 aliphatic rings. The molecule has 5 heteroatoms. The van der Waals surface area contributed by atoms with E-state index in [4.69, 9.17) is 5.41 Å². The lowest BCUT2D eigenvalue weighted by Gasteiger charge is -2.06. The first kappa shape index (κ1) is 5.49. The molecule has 0 aromatic heterocycles. The van der Waals surface area contributed by atoms with Crippen molar-refractivity contribution in [1.82, 2.24) is 16.1 Å². The van der Waals surface area contributed by atoms with Crippen molar-refractivity contribution in [1.29, 1.82) is 5.41 Å². The highest BCUT2D eigenvalue weighted by Crippen LogP contribution is 1.87. The maximum atomic E-state index is 6.92. The van der Waals surface area contributed by atoms with Crippen LogP contribution in [0.25, 0.3) is 0 Å². The Morgan fingerprint density at radius 2 is 2.75 bits per heavy atom. The van der Waals surface area contributed by atoms with Gasteiger partial charge in [0.05, 0.1) is 0 Å². The van der Waals surface area contributed by atoms with Crippen LogP contribution in [0.3, 0.4) is 0 Å². The molecule has 0 aromatic carbocycles. The Morgan fingerprint density at radius 1 is 2.00 bits per heavy atom. The summed E-state index contributed by atoms with van der Waals surface area (Å²) in [7, 11) is 1.74. The summed E-state index contributed by atoms with van der Waals surface area (Å²) in [5, 5.41) is 8.47. The zero-order chi connectivity index (χ0) is 5.98. The molecule has 1 fully saturated rings. The lowest BCUT2D eigenvalue weighted by Crippen LogP contribution is -2.40. The summed E-state index contributed by atoms with van der Waals surface area (Å²) in [6.45, 7) is 0.469. The fraction of sp³-hybridized carbons (Fsp3) is 0.667. The second-order valence-corrected chi connectivity index (χ2v) is 1.43. The van der Waals surface area contributed by atoms with E-state index in [1.165, 1.54) is 0 Å². The van der Waals surface area contributed by atoms with Gasteiger partial charge in [-0.05, 0) is 0 Å². The first-order chi connectivity index (χ1) is 3.83. The summed E-state index contributed by atoms with van der Waals surface area (Å²) >= 11 is 0. The molecule has 8 heavy (non-hydrogen) atoms. The molecule has 0 saturated carbocycles. The van der Waals surface area contributed by atoms with Gasteiger partial charge in [-0.2, -0.15) is 0 Å². The Morgan fingerprint density at radius 3 is 3.00 bits per heavy atom. The average molecular weight is 116 g/mol. The van der Waals surface area contributed by atoms with E-state index in [1.54, 1.807) is 12.2 Å². The van der Waals surface area contributed by atoms with Crippen LogP contribution < -0.4 is 11.0 Å². The van der Waals surface area contributed by atoms with Crippen LogP contribution >= 0.6 is 0 Å². The van der Waals surface area contributed by atoms with Crippen molar-refractivity contribution < 1.29 is 4.84 Å². The number of nitrogens with one attached hydrogen (secondary N) is 3. The highest BCUT2D eigenvalue weighted by Gasteiger charge is 2.14. The first-order valence-corrected chi connectivity index (χ1v) is 2.28. The summed E-state index contributed by atoms with van der Waals surface area (Å²) in [5.74, 6) is 0.222. The number of hydrogen-bond acceptors (Lipinski definition) is 5. The normalized spacial score (nSPS) is 21.4. The molecular formula is C3H8N4O. The number of hydrazine groups is 2. The Bertz CT molecular complexity index is 103. The van der Waals surface area contributed by atoms with E-state index >= 15 is 0 Å². The van der Waals surface area contributed by atoms with Crippen molar-refractivity contribution in [3.8, 4) is 0 Å². The van der Waals surface area contributed by atoms with Crippen molar-refractivity contribution in [2.45, 2.75) is 0 Å². The Kier molecular flexibility index (Phi) is 1.43. The molecule has 1 aliphatic heterocycles. The minimum absolute atomic E-state index is 0.222. The number of hydrogen-bond donors (Lipinski definition) is 3. The predicted octanol–water partition coefficient (Wildman–Crippen LogP) is -1.15. The fourth-order valence-corrected chi connectivity index (χ4v) is 0.443. The molecule has 0 spiro atoms. The second kappa shape index (κ2) is 2.08. The van der Waals surface area contributed by atoms with Crippen LogP contribution in [-0.2, 0) is 4.84 Å². The van der Waals surface area contributed by atoms with Crippen LogP contribution in [0.15, 0.2) is 0 Å². The zero-order valence-corrected chi connectivity index (χ0v) is 4.56. The minimum atomic E-state index is 0.222. The molecule has 46 valence electrons. The van der Waals surface area contributed by atoms with E-state index < -0.39 is 0 Å². The molecule has 0 amide bonds. The van der Waals surface area contributed by atoms with Gasteiger partial charge >= 0.3 is 0 Å². The third kappa shape index (κ3) is 0.945. The van der Waals surface area contributed by atoms with E-state index in [9.17, 15) is 0 Å². The Balaban J connectivity index is 2.32. The fourth-order valence-electron chi connectivity index (χ4n) is 0.443. The van der Waals surface area contributed by atoms with E-state index in [1.807, 2.05) is 0 Å². The maximum absolute atomic E-state index is 6.92. The quantitative estimate of drug-likeness (QED) is 0.405. The number of nitrogens with zero attached hydrogens (tertiary/aromatic N) is 1. The molecule has 0 bridgehead atoms. The van der Waals surface area contributed by atoms with Crippen molar-refractivity contribution in [2.75, 3.05) is 13.6 Å². The molecule has 1 rings (SSSR count). The van der Waals surface area contributed by atoms with Crippen LogP contribution in [-0.4, -0.2) is 24.6 Å². The summed E-state index contributed by atoms with van der Waals surface area (Å²) in [6.07, 6.45) is 0. The predicted molar refractivity (Wildman–Crippen MR) is 27.7 cm³/mol. The van der Waals surface area contributed by atoms with Gasteiger partial charge < -0.3 is 4.84 Å². The molecule has 1 heterocycles. The largest absolute Gasteiger partial charge is 0.376 e. The van der Waals surface area contributed by atoms with E-state index in [2.05, 4.69) is 15.9 Å². The van der Waals surface area contributed by atoms with Gasteiger partial charge in [0, 0.05) is 7.05 Å². The molecule has 0 unspecified atom stereocenters. The Hall–Kier alpha value is -0.650. The van der Waals surface area contributed by atoms with Crippen LogP contribution in [0, 0.1) is 5.41 Å². The van der Waals surface area contributed by atoms with Gasteiger partial charge in [0.1, 0.15) is 6.54 Å². The topological polar surface area (TPSA) is 60.4 Å². The highest BCUT2D eigenvalue weighted by molar-refractivity contribution is 5.75. The van der Waals surface area contributed by atoms with Gasteiger partial charge in [-0.15, -0.1) is 5.12 Å². The van der Waals surface area contributed by atoms with Gasteiger partial charge in [-0.1, -0.05) is 5.59 Å². The molecular weight excluding hydrogens is 108 g/mol. The summed E-state index contributed by atoms with van der Waals surface area (Å²) < 4.78 is 0. The Labute approximate surface area is 47.0 Å². The van der Waals surface area contributed by atoms with E-state index in [-0.39, 0.29) is 5.90 Å². The lowest BCUT2D eigenvalue weighted by atomic mass is 10.7. The molecule has 3 N–H and O–H groups in total. The third-order valence-electron chi connectivity index (χ3n) is 0.851. The third-order valence-corrected chi connectivity index (χ3v) is 0.851. The van der Waals surface area contributed by atoms with Gasteiger partial charge in [0.25, 0.3) is 0 Å². The standard InChI is InChI=1S/C3H8N4O/c1-5-7-2-3(4)8-6-7/h4-6H,2H2,1H3. The minimum Gasteiger partial charge on any atom is -0.376 e. The second-order valence-electron chi connectivity index (χ2n) is 1.43. The monoisotopic (exact) mass is 116 g/mol. The van der Waals surface area contributed by atoms with Crippen molar-refractivity contribution >= 4 is 5.90 Å². The van der Waals surface area contributed by atoms with Crippen LogP contribution in [0.4, 0.5) is 0 Å². The van der Waals surface area contributed by atoms with Crippen molar-refractivity contribution in [2.24, 2.45) is 0 Å². The maximum Gasteiger partial charge on any atom is 0.225 e. The van der Waals surface area contributed by atoms with Gasteiger partial charge in [-0.25, -0.2) is 5.43 Å². The average Bonchev–Trinajstić information content (AvgIpc) is 2.14. The first-order valence-electron chi connectivity index (χ1n) is 2.28. The van der Waals surface area contributed by atoms with Crippen LogP contribution in [0.5, 0.6) is 0 Å². The molecule has 5 nitrogen and oxygen atoms in total. The van der Waals surface area contributed by atoms with E-state index in [0.29, 0.717) is 6.54 Å². The van der Waals surface area contributed by atoms with E-state index in [0.717, 1.165) is 0 Å². The van der Waals surface area contributed by atoms with Crippen molar-refractivity contribution in [3.63, 3.8) is 0 Å². The molecule has 0 aromatic rings. The smallest absolute Gasteiger partial charge is 0.225 e. The van der Waals surface area contributed by atoms with Gasteiger partial charge in [0.15, 0.2) is 0 Å². The summed E-state index contributed by atoms with van der Waals surface area (Å²) in [6, 6.07) is 0. The summed E-state index contributed by atoms with van der Waals surface area (Å²) in [5.41, 5.74) is 5.20. The van der Waals surface area contributed by atoms with Crippen LogP contribution in [0.2, 0.25) is 0 Å². The van der Waals surface area contributed by atoms with Gasteiger partial charge in [-0.3, -0.25) is 5.41 Å². The number of rotatable bonds is 1. The SMILES string of the molecule is CNN1CC(=N)ON1.